The molecule has 3 N–H and O–H groups in total. The van der Waals surface area contributed by atoms with Crippen molar-refractivity contribution in [1.82, 2.24) is 5.32 Å². The van der Waals surface area contributed by atoms with Gasteiger partial charge in [0.1, 0.15) is 0 Å². The summed E-state index contributed by atoms with van der Waals surface area (Å²) in [5.74, 6) is 0. The number of benzene rings is 2. The average Bonchev–Trinajstić information content (AvgIpc) is 2.67. The van der Waals surface area contributed by atoms with Gasteiger partial charge in [-0.15, -0.1) is 0 Å². The van der Waals surface area contributed by atoms with Crippen molar-refractivity contribution in [2.75, 3.05) is 31.2 Å². The minimum absolute atomic E-state index is 0.0875. The Labute approximate surface area is 179 Å². The fourth-order valence-corrected chi connectivity index (χ4v) is 4.15. The van der Waals surface area contributed by atoms with E-state index in [1.54, 1.807) is 0 Å². The number of nitrogens with one attached hydrogen (secondary N) is 1. The van der Waals surface area contributed by atoms with Gasteiger partial charge in [-0.1, -0.05) is 54.4 Å². The van der Waals surface area contributed by atoms with Gasteiger partial charge < -0.3 is 20.0 Å². The van der Waals surface area contributed by atoms with Crippen LogP contribution in [0.1, 0.15) is 36.8 Å². The number of hydrogen-bond acceptors (Lipinski definition) is 3. The van der Waals surface area contributed by atoms with Crippen LogP contribution in [0.5, 0.6) is 0 Å². The smallest absolute Gasteiger partial charge is 0.325 e. The van der Waals surface area contributed by atoms with Gasteiger partial charge in [0.25, 0.3) is 0 Å². The maximum Gasteiger partial charge on any atom is 0.325 e. The maximum atomic E-state index is 10.8. The molecule has 0 bridgehead atoms. The van der Waals surface area contributed by atoms with E-state index in [4.69, 9.17) is 21.4 Å². The first-order chi connectivity index (χ1) is 13.8. The Morgan fingerprint density at radius 1 is 1.00 bits per heavy atom. The Hall–Kier alpha value is -1.36. The molecule has 0 aromatic heterocycles. The van der Waals surface area contributed by atoms with Crippen LogP contribution in [0.25, 0.3) is 0 Å². The fraction of sp³-hybridized carbons (Fsp3) is 0.455. The second-order valence-electron chi connectivity index (χ2n) is 7.42. The largest absolute Gasteiger partial charge is 0.373 e. The summed E-state index contributed by atoms with van der Waals surface area (Å²) in [6.07, 6.45) is 4.99. The molecule has 2 rings (SSSR count). The molecule has 0 saturated heterocycles. The second-order valence-corrected chi connectivity index (χ2v) is 9.61. The topological polar surface area (TPSA) is 72.8 Å². The molecule has 0 unspecified atom stereocenters. The van der Waals surface area contributed by atoms with Crippen molar-refractivity contribution in [2.24, 2.45) is 0 Å². The normalized spacial score (nSPS) is 11.6. The Kier molecular flexibility index (Phi) is 10.2. The highest BCUT2D eigenvalue weighted by Crippen LogP contribution is 2.34. The van der Waals surface area contributed by atoms with Crippen molar-refractivity contribution in [1.29, 1.82) is 0 Å². The van der Waals surface area contributed by atoms with Crippen LogP contribution >= 0.6 is 19.2 Å². The maximum absolute atomic E-state index is 10.8. The number of halogens is 1. The van der Waals surface area contributed by atoms with Crippen LogP contribution in [0.3, 0.4) is 0 Å². The van der Waals surface area contributed by atoms with E-state index in [1.807, 2.05) is 18.2 Å². The summed E-state index contributed by atoms with van der Waals surface area (Å²) in [5, 5.41) is 3.92. The lowest BCUT2D eigenvalue weighted by Gasteiger charge is -2.21. The Bertz CT molecular complexity index is 783. The lowest BCUT2D eigenvalue weighted by molar-refractivity contribution is 0.371. The molecule has 2 aromatic rings. The highest BCUT2D eigenvalue weighted by Gasteiger charge is 2.11. The Morgan fingerprint density at radius 2 is 1.76 bits per heavy atom. The van der Waals surface area contributed by atoms with E-state index in [0.717, 1.165) is 35.7 Å². The van der Waals surface area contributed by atoms with Gasteiger partial charge in [0.05, 0.1) is 16.9 Å². The van der Waals surface area contributed by atoms with Crippen molar-refractivity contribution in [3.05, 3.63) is 64.7 Å². The van der Waals surface area contributed by atoms with Crippen LogP contribution < -0.4 is 10.2 Å². The van der Waals surface area contributed by atoms with E-state index >= 15 is 0 Å². The zero-order chi connectivity index (χ0) is 21.1. The third-order valence-electron chi connectivity index (χ3n) is 4.86. The van der Waals surface area contributed by atoms with Crippen molar-refractivity contribution >= 4 is 24.9 Å². The fourth-order valence-electron chi connectivity index (χ4n) is 3.23. The van der Waals surface area contributed by atoms with E-state index in [0.29, 0.717) is 19.5 Å². The molecule has 0 heterocycles. The molecule has 0 saturated carbocycles. The summed E-state index contributed by atoms with van der Waals surface area (Å²) in [6.45, 7) is 2.16. The third kappa shape index (κ3) is 9.79. The predicted molar refractivity (Wildman–Crippen MR) is 122 cm³/mol. The quantitative estimate of drug-likeness (QED) is 0.308. The number of unbranched alkanes of at least 4 members (excludes halogenated alkanes) is 2. The third-order valence-corrected chi connectivity index (χ3v) is 6.06. The van der Waals surface area contributed by atoms with Gasteiger partial charge in [-0.25, -0.2) is 0 Å². The van der Waals surface area contributed by atoms with E-state index in [-0.39, 0.29) is 6.16 Å². The Balaban J connectivity index is 1.68. The molecule has 0 aliphatic rings. The summed E-state index contributed by atoms with van der Waals surface area (Å²) in [7, 11) is -1.83. The first-order valence-corrected chi connectivity index (χ1v) is 12.3. The zero-order valence-corrected chi connectivity index (χ0v) is 18.7. The van der Waals surface area contributed by atoms with Crippen LogP contribution in [0.15, 0.2) is 48.5 Å². The van der Waals surface area contributed by atoms with Gasteiger partial charge in [0.15, 0.2) is 0 Å². The van der Waals surface area contributed by atoms with E-state index in [2.05, 4.69) is 47.6 Å². The molecule has 0 spiro atoms. The molecule has 7 heteroatoms. The lowest BCUT2D eigenvalue weighted by Crippen LogP contribution is -2.19. The molecule has 0 fully saturated rings. The van der Waals surface area contributed by atoms with Gasteiger partial charge in [-0.05, 0) is 55.5 Å². The number of rotatable bonds is 13. The first kappa shape index (κ1) is 23.9. The van der Waals surface area contributed by atoms with Gasteiger partial charge >= 0.3 is 7.60 Å². The van der Waals surface area contributed by atoms with E-state index in [1.165, 1.54) is 18.4 Å². The van der Waals surface area contributed by atoms with E-state index in [9.17, 15) is 4.57 Å². The van der Waals surface area contributed by atoms with Crippen molar-refractivity contribution in [3.63, 3.8) is 0 Å². The SMILES string of the molecule is CN(CCCCCc1ccccc1)c1ccc(CNCCCP(=O)(O)O)cc1Cl. The molecule has 29 heavy (non-hydrogen) atoms. The van der Waals surface area contributed by atoms with Crippen molar-refractivity contribution in [3.8, 4) is 0 Å². The number of hydrogen-bond donors (Lipinski definition) is 3. The standard InChI is InChI=1S/C22H32ClN2O3P/c1-25(15-7-3-6-11-19-9-4-2-5-10-19)22-13-12-20(17-21(22)23)18-24-14-8-16-29(26,27)28/h2,4-5,9-10,12-13,17,24H,3,6-8,11,14-16,18H2,1H3,(H2,26,27,28). The predicted octanol–water partition coefficient (Wildman–Crippen LogP) is 4.85. The number of nitrogens with zero attached hydrogens (tertiary/aromatic N) is 1. The monoisotopic (exact) mass is 438 g/mol. The summed E-state index contributed by atoms with van der Waals surface area (Å²) in [6, 6.07) is 16.6. The summed E-state index contributed by atoms with van der Waals surface area (Å²) >= 11 is 6.47. The highest BCUT2D eigenvalue weighted by atomic mass is 35.5. The van der Waals surface area contributed by atoms with Crippen LogP contribution in [-0.2, 0) is 17.5 Å². The number of anilines is 1. The summed E-state index contributed by atoms with van der Waals surface area (Å²) < 4.78 is 10.8. The second kappa shape index (κ2) is 12.4. The minimum atomic E-state index is -3.90. The van der Waals surface area contributed by atoms with Gasteiger partial charge in [0.2, 0.25) is 0 Å². The molecular weight excluding hydrogens is 407 g/mol. The molecule has 0 amide bonds. The lowest BCUT2D eigenvalue weighted by atomic mass is 10.1. The molecule has 0 radical (unpaired) electrons. The van der Waals surface area contributed by atoms with Crippen molar-refractivity contribution in [2.45, 2.75) is 38.6 Å². The minimum Gasteiger partial charge on any atom is -0.373 e. The molecular formula is C22H32ClN2O3P. The zero-order valence-electron chi connectivity index (χ0n) is 17.1. The molecule has 160 valence electrons. The highest BCUT2D eigenvalue weighted by molar-refractivity contribution is 7.51. The molecule has 0 aliphatic carbocycles. The van der Waals surface area contributed by atoms with Crippen molar-refractivity contribution < 1.29 is 14.4 Å². The first-order valence-electron chi connectivity index (χ1n) is 10.1. The molecule has 5 nitrogen and oxygen atoms in total. The van der Waals surface area contributed by atoms with Crippen LogP contribution in [-0.4, -0.2) is 36.1 Å². The van der Waals surface area contributed by atoms with Gasteiger partial charge in [-0.2, -0.15) is 0 Å². The van der Waals surface area contributed by atoms with Gasteiger partial charge in [-0.3, -0.25) is 4.57 Å². The molecule has 2 aromatic carbocycles. The van der Waals surface area contributed by atoms with Crippen LogP contribution in [0.4, 0.5) is 5.69 Å². The summed E-state index contributed by atoms with van der Waals surface area (Å²) in [4.78, 5) is 19.9. The van der Waals surface area contributed by atoms with E-state index < -0.39 is 7.60 Å². The average molecular weight is 439 g/mol. The van der Waals surface area contributed by atoms with Crippen LogP contribution in [0.2, 0.25) is 5.02 Å². The number of aryl methyl sites for hydroxylation is 1. The molecule has 0 atom stereocenters. The summed E-state index contributed by atoms with van der Waals surface area (Å²) in [5.41, 5.74) is 3.49. The Morgan fingerprint density at radius 3 is 2.45 bits per heavy atom. The van der Waals surface area contributed by atoms with Crippen LogP contribution in [0, 0.1) is 0 Å². The van der Waals surface area contributed by atoms with Gasteiger partial charge in [0, 0.05) is 20.1 Å². The molecule has 0 aliphatic heterocycles.